The van der Waals surface area contributed by atoms with E-state index in [4.69, 9.17) is 5.11 Å². The topological polar surface area (TPSA) is 82.2 Å². The Kier molecular flexibility index (Phi) is 4.40. The van der Waals surface area contributed by atoms with Crippen LogP contribution in [-0.4, -0.2) is 28.5 Å². The van der Waals surface area contributed by atoms with Crippen LogP contribution in [0.1, 0.15) is 30.3 Å². The van der Waals surface area contributed by atoms with E-state index in [-0.39, 0.29) is 12.5 Å². The number of para-hydroxylation sites is 1. The third-order valence-electron chi connectivity index (χ3n) is 3.27. The van der Waals surface area contributed by atoms with Gasteiger partial charge in [-0.15, -0.1) is 0 Å². The predicted molar refractivity (Wildman–Crippen MR) is 76.7 cm³/mol. The van der Waals surface area contributed by atoms with Gasteiger partial charge in [0.25, 0.3) is 5.91 Å². The number of aromatic nitrogens is 1. The summed E-state index contributed by atoms with van der Waals surface area (Å²) in [4.78, 5) is 26.1. The van der Waals surface area contributed by atoms with E-state index in [9.17, 15) is 9.59 Å². The molecule has 3 N–H and O–H groups in total. The molecule has 0 radical (unpaired) electrons. The number of rotatable bonds is 6. The summed E-state index contributed by atoms with van der Waals surface area (Å²) in [7, 11) is 0. The Hall–Kier alpha value is -2.30. The molecule has 0 aliphatic carbocycles. The molecule has 0 aliphatic rings. The number of benzene rings is 1. The number of hydrogen-bond donors (Lipinski definition) is 3. The van der Waals surface area contributed by atoms with Gasteiger partial charge in [0.2, 0.25) is 0 Å². The Balaban J connectivity index is 2.02. The number of fused-ring (bicyclic) bond motifs is 1. The molecule has 0 aliphatic heterocycles. The molecule has 0 bridgehead atoms. The van der Waals surface area contributed by atoms with Crippen LogP contribution in [-0.2, 0) is 4.79 Å². The van der Waals surface area contributed by atoms with Crippen molar-refractivity contribution in [3.8, 4) is 0 Å². The Morgan fingerprint density at radius 2 is 2.10 bits per heavy atom. The van der Waals surface area contributed by atoms with Crippen LogP contribution in [0.25, 0.3) is 10.9 Å². The number of H-pyrrole nitrogens is 1. The molecule has 2 aromatic rings. The van der Waals surface area contributed by atoms with E-state index in [1.807, 2.05) is 31.2 Å². The van der Waals surface area contributed by atoms with Gasteiger partial charge in [-0.2, -0.15) is 0 Å². The zero-order valence-electron chi connectivity index (χ0n) is 11.3. The van der Waals surface area contributed by atoms with Crippen LogP contribution in [0.5, 0.6) is 0 Å². The van der Waals surface area contributed by atoms with Crippen LogP contribution < -0.4 is 5.32 Å². The summed E-state index contributed by atoms with van der Waals surface area (Å²) in [5, 5.41) is 12.7. The van der Waals surface area contributed by atoms with Gasteiger partial charge in [-0.25, -0.2) is 0 Å². The van der Waals surface area contributed by atoms with E-state index in [0.717, 1.165) is 17.3 Å². The second-order valence-corrected chi connectivity index (χ2v) is 4.80. The molecule has 5 nitrogen and oxygen atoms in total. The highest BCUT2D eigenvalue weighted by molar-refractivity contribution is 5.98. The number of aliphatic carboxylic acids is 1. The Bertz CT molecular complexity index is 585. The number of carboxylic acids is 1. The Morgan fingerprint density at radius 1 is 1.35 bits per heavy atom. The molecule has 0 saturated heterocycles. The average molecular weight is 274 g/mol. The fourth-order valence-corrected chi connectivity index (χ4v) is 2.17. The first-order chi connectivity index (χ1) is 9.61. The minimum Gasteiger partial charge on any atom is -0.481 e. The van der Waals surface area contributed by atoms with Crippen LogP contribution in [0.4, 0.5) is 0 Å². The van der Waals surface area contributed by atoms with E-state index in [2.05, 4.69) is 10.3 Å². The van der Waals surface area contributed by atoms with Crippen molar-refractivity contribution >= 4 is 22.8 Å². The number of carboxylic acid groups (broad SMARTS) is 1. The summed E-state index contributed by atoms with van der Waals surface area (Å²) in [6.07, 6.45) is 1.33. The first-order valence-electron chi connectivity index (χ1n) is 6.70. The van der Waals surface area contributed by atoms with Gasteiger partial charge < -0.3 is 15.4 Å². The molecule has 2 rings (SSSR count). The van der Waals surface area contributed by atoms with E-state index in [1.54, 1.807) is 6.07 Å². The predicted octanol–water partition coefficient (Wildman–Crippen LogP) is 2.40. The van der Waals surface area contributed by atoms with Crippen LogP contribution in [0.3, 0.4) is 0 Å². The Labute approximate surface area is 117 Å². The van der Waals surface area contributed by atoms with Gasteiger partial charge in [0.15, 0.2) is 0 Å². The molecule has 0 spiro atoms. The zero-order chi connectivity index (χ0) is 14.5. The second-order valence-electron chi connectivity index (χ2n) is 4.80. The first kappa shape index (κ1) is 14.1. The van der Waals surface area contributed by atoms with E-state index in [1.165, 1.54) is 0 Å². The third kappa shape index (κ3) is 3.17. The molecule has 0 saturated carbocycles. The summed E-state index contributed by atoms with van der Waals surface area (Å²) in [6.45, 7) is 2.08. The van der Waals surface area contributed by atoms with Gasteiger partial charge in [0.1, 0.15) is 5.69 Å². The van der Waals surface area contributed by atoms with Gasteiger partial charge in [0, 0.05) is 17.4 Å². The van der Waals surface area contributed by atoms with Crippen molar-refractivity contribution in [1.29, 1.82) is 0 Å². The quantitative estimate of drug-likeness (QED) is 0.756. The normalized spacial score (nSPS) is 12.2. The maximum Gasteiger partial charge on any atom is 0.308 e. The van der Waals surface area contributed by atoms with Crippen LogP contribution >= 0.6 is 0 Å². The van der Waals surface area contributed by atoms with Crippen molar-refractivity contribution in [2.24, 2.45) is 5.92 Å². The van der Waals surface area contributed by atoms with Crippen molar-refractivity contribution in [1.82, 2.24) is 10.3 Å². The van der Waals surface area contributed by atoms with Crippen LogP contribution in [0, 0.1) is 5.92 Å². The monoisotopic (exact) mass is 274 g/mol. The highest BCUT2D eigenvalue weighted by Gasteiger charge is 2.18. The highest BCUT2D eigenvalue weighted by atomic mass is 16.4. The molecule has 1 aromatic carbocycles. The first-order valence-corrected chi connectivity index (χ1v) is 6.70. The van der Waals surface area contributed by atoms with Crippen molar-refractivity contribution in [3.63, 3.8) is 0 Å². The molecular formula is C15H18N2O3. The van der Waals surface area contributed by atoms with Gasteiger partial charge in [-0.3, -0.25) is 9.59 Å². The maximum atomic E-state index is 12.0. The molecule has 1 aromatic heterocycles. The van der Waals surface area contributed by atoms with E-state index < -0.39 is 11.9 Å². The number of hydrogen-bond acceptors (Lipinski definition) is 2. The van der Waals surface area contributed by atoms with Crippen molar-refractivity contribution in [3.05, 3.63) is 36.0 Å². The Morgan fingerprint density at radius 3 is 2.75 bits per heavy atom. The van der Waals surface area contributed by atoms with Gasteiger partial charge in [0.05, 0.1) is 5.92 Å². The number of nitrogens with one attached hydrogen (secondary N) is 2. The van der Waals surface area contributed by atoms with Gasteiger partial charge in [-0.05, 0) is 18.6 Å². The molecule has 0 fully saturated rings. The molecule has 1 amide bonds. The average Bonchev–Trinajstić information content (AvgIpc) is 2.86. The largest absolute Gasteiger partial charge is 0.481 e. The minimum atomic E-state index is -0.871. The summed E-state index contributed by atoms with van der Waals surface area (Å²) >= 11 is 0. The van der Waals surface area contributed by atoms with Crippen molar-refractivity contribution < 1.29 is 14.7 Å². The lowest BCUT2D eigenvalue weighted by molar-refractivity contribution is -0.141. The number of carbonyl (C=O) groups is 2. The number of amides is 1. The SMILES string of the molecule is CCCC(CNC(=O)c1cc2ccccc2[nH]1)C(=O)O. The lowest BCUT2D eigenvalue weighted by Crippen LogP contribution is -2.33. The fraction of sp³-hybridized carbons (Fsp3) is 0.333. The van der Waals surface area contributed by atoms with Crippen LogP contribution in [0.2, 0.25) is 0 Å². The third-order valence-corrected chi connectivity index (χ3v) is 3.27. The summed E-state index contributed by atoms with van der Waals surface area (Å²) in [5.74, 6) is -1.68. The van der Waals surface area contributed by atoms with Crippen molar-refractivity contribution in [2.45, 2.75) is 19.8 Å². The summed E-state index contributed by atoms with van der Waals surface area (Å²) < 4.78 is 0. The van der Waals surface area contributed by atoms with Crippen LogP contribution in [0.15, 0.2) is 30.3 Å². The summed E-state index contributed by atoms with van der Waals surface area (Å²) in [6, 6.07) is 9.37. The molecule has 106 valence electrons. The smallest absolute Gasteiger partial charge is 0.308 e. The number of aromatic amines is 1. The maximum absolute atomic E-state index is 12.0. The van der Waals surface area contributed by atoms with Crippen molar-refractivity contribution in [2.75, 3.05) is 6.54 Å². The van der Waals surface area contributed by atoms with Gasteiger partial charge in [-0.1, -0.05) is 31.5 Å². The zero-order valence-corrected chi connectivity index (χ0v) is 11.3. The highest BCUT2D eigenvalue weighted by Crippen LogP contribution is 2.14. The fourth-order valence-electron chi connectivity index (χ4n) is 2.17. The standard InChI is InChI=1S/C15H18N2O3/c1-2-5-11(15(19)20)9-16-14(18)13-8-10-6-3-4-7-12(10)17-13/h3-4,6-8,11,17H,2,5,9H2,1H3,(H,16,18)(H,19,20). The van der Waals surface area contributed by atoms with Gasteiger partial charge >= 0.3 is 5.97 Å². The lowest BCUT2D eigenvalue weighted by atomic mass is 10.0. The molecule has 1 heterocycles. The molecular weight excluding hydrogens is 256 g/mol. The van der Waals surface area contributed by atoms with E-state index >= 15 is 0 Å². The second kappa shape index (κ2) is 6.23. The summed E-state index contributed by atoms with van der Waals surface area (Å²) in [5.41, 5.74) is 1.34. The molecule has 20 heavy (non-hydrogen) atoms. The number of carbonyl (C=O) groups excluding carboxylic acids is 1. The lowest BCUT2D eigenvalue weighted by Gasteiger charge is -2.11. The molecule has 1 atom stereocenters. The minimum absolute atomic E-state index is 0.150. The molecule has 1 unspecified atom stereocenters. The molecule has 5 heteroatoms. The van der Waals surface area contributed by atoms with E-state index in [0.29, 0.717) is 12.1 Å².